The molecule has 0 spiro atoms. The topological polar surface area (TPSA) is 103 Å². The van der Waals surface area contributed by atoms with E-state index in [2.05, 4.69) is 0 Å². The van der Waals surface area contributed by atoms with Crippen molar-refractivity contribution in [2.24, 2.45) is 5.73 Å². The number of sulfone groups is 1. The highest BCUT2D eigenvalue weighted by molar-refractivity contribution is 7.90. The molecule has 0 aliphatic heterocycles. The van der Waals surface area contributed by atoms with Crippen LogP contribution in [0.15, 0.2) is 24.3 Å². The Labute approximate surface area is 106 Å². The average Bonchev–Trinajstić information content (AvgIpc) is 2.26. The summed E-state index contributed by atoms with van der Waals surface area (Å²) in [7, 11) is -3.37. The van der Waals surface area contributed by atoms with Crippen molar-refractivity contribution in [1.82, 2.24) is 0 Å². The molecule has 100 valence electrons. The lowest BCUT2D eigenvalue weighted by atomic mass is 10.2. The summed E-state index contributed by atoms with van der Waals surface area (Å²) < 4.78 is 23.6. The first-order valence-electron chi connectivity index (χ1n) is 5.50. The summed E-state index contributed by atoms with van der Waals surface area (Å²) in [6, 6.07) is 5.66. The predicted molar refractivity (Wildman–Crippen MR) is 68.9 cm³/mol. The fourth-order valence-electron chi connectivity index (χ4n) is 1.49. The molecule has 0 amide bonds. The Bertz CT molecular complexity index is 526. The highest BCUT2D eigenvalue weighted by Crippen LogP contribution is 2.20. The molecule has 1 atom stereocenters. The maximum atomic E-state index is 11.8. The van der Waals surface area contributed by atoms with Gasteiger partial charge in [-0.25, -0.2) is 8.42 Å². The van der Waals surface area contributed by atoms with E-state index in [1.807, 2.05) is 0 Å². The van der Waals surface area contributed by atoms with Gasteiger partial charge in [-0.15, -0.1) is 0 Å². The van der Waals surface area contributed by atoms with Crippen molar-refractivity contribution in [3.63, 3.8) is 0 Å². The highest BCUT2D eigenvalue weighted by atomic mass is 32.2. The number of hydrogen-bond acceptors (Lipinski definition) is 5. The second kappa shape index (κ2) is 5.92. The van der Waals surface area contributed by atoms with Crippen molar-refractivity contribution >= 4 is 15.5 Å². The van der Waals surface area contributed by atoms with Crippen molar-refractivity contribution in [2.45, 2.75) is 25.1 Å². The molecule has 0 aliphatic rings. The molecule has 1 aromatic carbocycles. The van der Waals surface area contributed by atoms with Crippen LogP contribution in [-0.2, 0) is 15.6 Å². The van der Waals surface area contributed by atoms with Crippen LogP contribution in [0.2, 0.25) is 0 Å². The summed E-state index contributed by atoms with van der Waals surface area (Å²) in [5, 5.41) is 10.8. The third-order valence-corrected chi connectivity index (χ3v) is 4.06. The van der Waals surface area contributed by atoms with Gasteiger partial charge < -0.3 is 5.73 Å². The van der Waals surface area contributed by atoms with E-state index >= 15 is 0 Å². The number of nitrogens with zero attached hydrogens (tertiary/aromatic N) is 1. The Morgan fingerprint density at radius 1 is 1.39 bits per heavy atom. The average molecular weight is 272 g/mol. The van der Waals surface area contributed by atoms with E-state index in [9.17, 15) is 18.5 Å². The van der Waals surface area contributed by atoms with Crippen LogP contribution in [0.4, 0.5) is 5.69 Å². The maximum Gasteiger partial charge on any atom is 0.273 e. The molecule has 0 radical (unpaired) electrons. The monoisotopic (exact) mass is 272 g/mol. The van der Waals surface area contributed by atoms with Crippen LogP contribution in [0.3, 0.4) is 0 Å². The fourth-order valence-corrected chi connectivity index (χ4v) is 3.08. The van der Waals surface area contributed by atoms with E-state index in [0.717, 1.165) is 0 Å². The Morgan fingerprint density at radius 2 is 2.00 bits per heavy atom. The van der Waals surface area contributed by atoms with Gasteiger partial charge in [-0.05, 0) is 13.3 Å². The molecule has 6 nitrogen and oxygen atoms in total. The summed E-state index contributed by atoms with van der Waals surface area (Å²) in [5.74, 6) is -0.381. The zero-order valence-corrected chi connectivity index (χ0v) is 10.9. The van der Waals surface area contributed by atoms with Crippen LogP contribution in [0.1, 0.15) is 18.9 Å². The first kappa shape index (κ1) is 14.6. The Hall–Kier alpha value is -1.47. The molecule has 2 N–H and O–H groups in total. The van der Waals surface area contributed by atoms with Crippen molar-refractivity contribution in [1.29, 1.82) is 0 Å². The minimum Gasteiger partial charge on any atom is -0.328 e. The van der Waals surface area contributed by atoms with Crippen LogP contribution >= 0.6 is 0 Å². The number of hydrogen-bond donors (Lipinski definition) is 1. The van der Waals surface area contributed by atoms with Crippen LogP contribution in [0.5, 0.6) is 0 Å². The minimum absolute atomic E-state index is 0.0588. The first-order chi connectivity index (χ1) is 8.32. The largest absolute Gasteiger partial charge is 0.328 e. The molecule has 0 aromatic heterocycles. The number of benzene rings is 1. The third kappa shape index (κ3) is 4.42. The molecule has 1 rings (SSSR count). The zero-order valence-electron chi connectivity index (χ0n) is 10.1. The zero-order chi connectivity index (χ0) is 13.8. The molecule has 0 heterocycles. The minimum atomic E-state index is -3.37. The van der Waals surface area contributed by atoms with E-state index in [0.29, 0.717) is 6.42 Å². The summed E-state index contributed by atoms with van der Waals surface area (Å²) in [5.41, 5.74) is 5.55. The van der Waals surface area contributed by atoms with Gasteiger partial charge in [0.25, 0.3) is 5.69 Å². The van der Waals surface area contributed by atoms with Gasteiger partial charge in [0.2, 0.25) is 0 Å². The van der Waals surface area contributed by atoms with E-state index < -0.39 is 14.8 Å². The second-order valence-electron chi connectivity index (χ2n) is 4.24. The highest BCUT2D eigenvalue weighted by Gasteiger charge is 2.19. The predicted octanol–water partition coefficient (Wildman–Crippen LogP) is 1.25. The third-order valence-electron chi connectivity index (χ3n) is 2.45. The Morgan fingerprint density at radius 3 is 2.56 bits per heavy atom. The van der Waals surface area contributed by atoms with Crippen molar-refractivity contribution in [3.8, 4) is 0 Å². The van der Waals surface area contributed by atoms with Gasteiger partial charge in [0.15, 0.2) is 9.84 Å². The summed E-state index contributed by atoms with van der Waals surface area (Å²) in [6.07, 6.45) is 0.350. The molecule has 1 unspecified atom stereocenters. The van der Waals surface area contributed by atoms with E-state index in [4.69, 9.17) is 5.73 Å². The molecule has 0 fully saturated rings. The standard InChI is InChI=1S/C11H16N2O4S/c1-9(12)6-7-18(16,17)8-10-4-2-3-5-11(10)13(14)15/h2-5,9H,6-8,12H2,1H3. The SMILES string of the molecule is CC(N)CCS(=O)(=O)Cc1ccccc1[N+](=O)[O-]. The number of nitro benzene ring substituents is 1. The van der Waals surface area contributed by atoms with Gasteiger partial charge in [-0.1, -0.05) is 18.2 Å². The van der Waals surface area contributed by atoms with Gasteiger partial charge in [0.05, 0.1) is 16.4 Å². The molecule has 1 aromatic rings. The molecular weight excluding hydrogens is 256 g/mol. The number of rotatable bonds is 6. The van der Waals surface area contributed by atoms with Gasteiger partial charge in [-0.2, -0.15) is 0 Å². The van der Waals surface area contributed by atoms with E-state index in [-0.39, 0.29) is 28.8 Å². The van der Waals surface area contributed by atoms with Crippen LogP contribution in [0.25, 0.3) is 0 Å². The summed E-state index contributed by atoms with van der Waals surface area (Å²) in [6.45, 7) is 1.72. The maximum absolute atomic E-state index is 11.8. The molecular formula is C11H16N2O4S. The number of para-hydroxylation sites is 1. The lowest BCUT2D eigenvalue weighted by Gasteiger charge is -2.07. The lowest BCUT2D eigenvalue weighted by molar-refractivity contribution is -0.385. The summed E-state index contributed by atoms with van der Waals surface area (Å²) in [4.78, 5) is 10.2. The molecule has 18 heavy (non-hydrogen) atoms. The summed E-state index contributed by atoms with van der Waals surface area (Å²) >= 11 is 0. The first-order valence-corrected chi connectivity index (χ1v) is 7.32. The number of nitro groups is 1. The molecule has 0 saturated carbocycles. The van der Waals surface area contributed by atoms with Gasteiger partial charge in [0, 0.05) is 17.7 Å². The van der Waals surface area contributed by atoms with Crippen molar-refractivity contribution in [2.75, 3.05) is 5.75 Å². The van der Waals surface area contributed by atoms with Crippen LogP contribution in [0, 0.1) is 10.1 Å². The van der Waals surface area contributed by atoms with E-state index in [1.54, 1.807) is 13.0 Å². The molecule has 7 heteroatoms. The quantitative estimate of drug-likeness (QED) is 0.620. The van der Waals surface area contributed by atoms with Crippen molar-refractivity contribution in [3.05, 3.63) is 39.9 Å². The van der Waals surface area contributed by atoms with E-state index in [1.165, 1.54) is 18.2 Å². The number of nitrogens with two attached hydrogens (primary N) is 1. The molecule has 0 bridgehead atoms. The molecule has 0 saturated heterocycles. The Kier molecular flexibility index (Phi) is 4.80. The van der Waals surface area contributed by atoms with Gasteiger partial charge in [-0.3, -0.25) is 10.1 Å². The van der Waals surface area contributed by atoms with Crippen LogP contribution in [-0.4, -0.2) is 25.1 Å². The van der Waals surface area contributed by atoms with Gasteiger partial charge in [0.1, 0.15) is 0 Å². The van der Waals surface area contributed by atoms with Crippen molar-refractivity contribution < 1.29 is 13.3 Å². The second-order valence-corrected chi connectivity index (χ2v) is 6.43. The normalized spacial score (nSPS) is 13.2. The fraction of sp³-hybridized carbons (Fsp3) is 0.455. The lowest BCUT2D eigenvalue weighted by Crippen LogP contribution is -2.21. The molecule has 0 aliphatic carbocycles. The smallest absolute Gasteiger partial charge is 0.273 e. The Balaban J connectivity index is 2.87. The van der Waals surface area contributed by atoms with Crippen LogP contribution < -0.4 is 5.73 Å². The van der Waals surface area contributed by atoms with Gasteiger partial charge >= 0.3 is 0 Å².